The molecule has 0 aromatic heterocycles. The van der Waals surface area contributed by atoms with Crippen molar-refractivity contribution in [1.82, 2.24) is 0 Å². The van der Waals surface area contributed by atoms with Gasteiger partial charge >= 0.3 is 5.97 Å². The number of hydrogen-bond acceptors (Lipinski definition) is 6. The maximum absolute atomic E-state index is 13.5. The quantitative estimate of drug-likeness (QED) is 0.425. The van der Waals surface area contributed by atoms with Crippen LogP contribution in [-0.4, -0.2) is 50.1 Å². The molecule has 39 heavy (non-hydrogen) atoms. The summed E-state index contributed by atoms with van der Waals surface area (Å²) in [5, 5.41) is 0. The monoisotopic (exact) mass is 538 g/mol. The van der Waals surface area contributed by atoms with Crippen LogP contribution >= 0.6 is 0 Å². The van der Waals surface area contributed by atoms with Crippen molar-refractivity contribution in [2.24, 2.45) is 46.3 Å². The van der Waals surface area contributed by atoms with Crippen LogP contribution in [0.25, 0.3) is 0 Å². The van der Waals surface area contributed by atoms with E-state index in [1.807, 2.05) is 30.3 Å². The van der Waals surface area contributed by atoms with Gasteiger partial charge in [-0.25, -0.2) is 4.79 Å². The number of ether oxygens (including phenoxy) is 5. The minimum absolute atomic E-state index is 0.0911. The molecule has 0 amide bonds. The van der Waals surface area contributed by atoms with Crippen LogP contribution in [0, 0.1) is 46.3 Å². The van der Waals surface area contributed by atoms with Gasteiger partial charge in [-0.1, -0.05) is 39.0 Å². The van der Waals surface area contributed by atoms with E-state index in [1.165, 1.54) is 6.42 Å². The summed E-state index contributed by atoms with van der Waals surface area (Å²) in [6.45, 7) is 12.4. The maximum atomic E-state index is 13.5. The molecule has 7 rings (SSSR count). The van der Waals surface area contributed by atoms with Gasteiger partial charge in [-0.3, -0.25) is 0 Å². The van der Waals surface area contributed by atoms with Crippen LogP contribution in [-0.2, 0) is 23.7 Å². The van der Waals surface area contributed by atoms with E-state index >= 15 is 0 Å². The number of benzene rings is 1. The molecule has 1 spiro atoms. The lowest BCUT2D eigenvalue weighted by Gasteiger charge is -2.65. The Morgan fingerprint density at radius 1 is 0.872 bits per heavy atom. The third kappa shape index (κ3) is 3.99. The number of rotatable bonds is 3. The molecule has 6 aliphatic rings. The van der Waals surface area contributed by atoms with Gasteiger partial charge in [-0.2, -0.15) is 0 Å². The predicted molar refractivity (Wildman–Crippen MR) is 146 cm³/mol. The number of carbonyl (C=O) groups excluding carboxylic acids is 1. The van der Waals surface area contributed by atoms with Gasteiger partial charge in [0.15, 0.2) is 11.6 Å². The van der Waals surface area contributed by atoms with Gasteiger partial charge in [0.05, 0.1) is 32.0 Å². The Morgan fingerprint density at radius 3 is 2.28 bits per heavy atom. The number of fused-ring (bicyclic) bond motifs is 5. The molecule has 6 nitrogen and oxygen atoms in total. The highest BCUT2D eigenvalue weighted by Crippen LogP contribution is 2.71. The molecule has 214 valence electrons. The van der Waals surface area contributed by atoms with Gasteiger partial charge < -0.3 is 23.7 Å². The van der Waals surface area contributed by atoms with Crippen molar-refractivity contribution in [2.45, 2.75) is 90.3 Å². The molecule has 6 fully saturated rings. The summed E-state index contributed by atoms with van der Waals surface area (Å²) in [6.07, 6.45) is 7.19. The molecule has 0 N–H and O–H groups in total. The van der Waals surface area contributed by atoms with Crippen LogP contribution in [0.15, 0.2) is 30.3 Å². The SMILES string of the molecule is C[C@@H]1C[C@@]2(C)C(CCC2C2(C)OCCO2)C2C1[C@@]1(C)CCC3(C[C@H]1C[C@@H]2OC(=O)c1ccccc1)OCCO3. The largest absolute Gasteiger partial charge is 0.458 e. The fraction of sp³-hybridized carbons (Fsp3) is 0.788. The summed E-state index contributed by atoms with van der Waals surface area (Å²) in [5.74, 6) is 1.45. The highest BCUT2D eigenvalue weighted by molar-refractivity contribution is 5.89. The average molecular weight is 539 g/mol. The van der Waals surface area contributed by atoms with E-state index in [-0.39, 0.29) is 22.9 Å². The van der Waals surface area contributed by atoms with Crippen molar-refractivity contribution < 1.29 is 28.5 Å². The summed E-state index contributed by atoms with van der Waals surface area (Å²) in [6, 6.07) is 9.53. The van der Waals surface area contributed by atoms with Gasteiger partial charge in [-0.05, 0) is 85.7 Å². The van der Waals surface area contributed by atoms with E-state index in [0.29, 0.717) is 67.5 Å². The van der Waals surface area contributed by atoms with Gasteiger partial charge in [0, 0.05) is 24.7 Å². The Morgan fingerprint density at radius 2 is 1.56 bits per heavy atom. The Kier molecular flexibility index (Phi) is 6.28. The normalized spacial score (nSPS) is 45.9. The summed E-state index contributed by atoms with van der Waals surface area (Å²) in [5.41, 5.74) is 0.916. The molecule has 2 heterocycles. The number of hydrogen-bond donors (Lipinski definition) is 0. The molecular weight excluding hydrogens is 492 g/mol. The van der Waals surface area contributed by atoms with Crippen LogP contribution in [0.4, 0.5) is 0 Å². The van der Waals surface area contributed by atoms with E-state index in [2.05, 4.69) is 27.7 Å². The number of carbonyl (C=O) groups is 1. The second-order valence-corrected chi connectivity index (χ2v) is 14.3. The van der Waals surface area contributed by atoms with Crippen molar-refractivity contribution in [3.8, 4) is 0 Å². The molecule has 9 atom stereocenters. The fourth-order valence-electron chi connectivity index (χ4n) is 11.1. The third-order valence-electron chi connectivity index (χ3n) is 12.5. The van der Waals surface area contributed by atoms with Crippen molar-refractivity contribution in [2.75, 3.05) is 26.4 Å². The van der Waals surface area contributed by atoms with Gasteiger partial charge in [-0.15, -0.1) is 0 Å². The van der Waals surface area contributed by atoms with Crippen molar-refractivity contribution in [3.05, 3.63) is 35.9 Å². The summed E-state index contributed by atoms with van der Waals surface area (Å²) < 4.78 is 31.6. The fourth-order valence-corrected chi connectivity index (χ4v) is 11.1. The van der Waals surface area contributed by atoms with E-state index in [1.54, 1.807) is 0 Å². The first-order valence-electron chi connectivity index (χ1n) is 15.5. The van der Waals surface area contributed by atoms with Gasteiger partial charge in [0.25, 0.3) is 0 Å². The molecule has 1 aromatic rings. The summed E-state index contributed by atoms with van der Waals surface area (Å²) >= 11 is 0. The number of esters is 1. The van der Waals surface area contributed by atoms with E-state index in [4.69, 9.17) is 23.7 Å². The first kappa shape index (κ1) is 26.4. The van der Waals surface area contributed by atoms with Crippen molar-refractivity contribution >= 4 is 5.97 Å². The van der Waals surface area contributed by atoms with Gasteiger partial charge in [0.2, 0.25) is 0 Å². The first-order chi connectivity index (χ1) is 18.7. The minimum Gasteiger partial charge on any atom is -0.458 e. The van der Waals surface area contributed by atoms with E-state index < -0.39 is 11.6 Å². The molecular formula is C33H46O6. The second kappa shape index (κ2) is 9.27. The zero-order chi connectivity index (χ0) is 27.0. The maximum Gasteiger partial charge on any atom is 0.338 e. The Balaban J connectivity index is 1.26. The lowest BCUT2D eigenvalue weighted by atomic mass is 9.41. The molecule has 4 saturated carbocycles. The smallest absolute Gasteiger partial charge is 0.338 e. The zero-order valence-corrected chi connectivity index (χ0v) is 24.2. The van der Waals surface area contributed by atoms with E-state index in [9.17, 15) is 4.79 Å². The third-order valence-corrected chi connectivity index (χ3v) is 12.5. The second-order valence-electron chi connectivity index (χ2n) is 14.3. The lowest BCUT2D eigenvalue weighted by molar-refractivity contribution is -0.259. The van der Waals surface area contributed by atoms with Crippen LogP contribution in [0.5, 0.6) is 0 Å². The van der Waals surface area contributed by atoms with E-state index in [0.717, 1.165) is 38.5 Å². The summed E-state index contributed by atoms with van der Waals surface area (Å²) in [7, 11) is 0. The molecule has 2 aliphatic heterocycles. The first-order valence-corrected chi connectivity index (χ1v) is 15.5. The Hall–Kier alpha value is -1.47. The zero-order valence-electron chi connectivity index (χ0n) is 24.2. The summed E-state index contributed by atoms with van der Waals surface area (Å²) in [4.78, 5) is 13.5. The Bertz CT molecular complexity index is 1080. The molecule has 1 aromatic carbocycles. The highest BCUT2D eigenvalue weighted by atomic mass is 16.7. The molecule has 6 heteroatoms. The molecule has 0 bridgehead atoms. The van der Waals surface area contributed by atoms with Crippen LogP contribution in [0.2, 0.25) is 0 Å². The average Bonchev–Trinajstić information content (AvgIpc) is 3.64. The predicted octanol–water partition coefficient (Wildman–Crippen LogP) is 6.23. The Labute approximate surface area is 233 Å². The molecule has 4 aliphatic carbocycles. The standard InChI is InChI=1S/C33H46O6/c1-21-19-31(3)24(10-11-26(31)32(4)35-14-15-36-32)27-25(39-29(34)22-8-6-5-7-9-22)18-23-20-33(37-16-17-38-33)13-12-30(23,2)28(21)27/h5-9,21,23-28H,10-20H2,1-4H3/t21-,23-,24?,25+,26?,27?,28?,30+,31+/m1/s1. The highest BCUT2D eigenvalue weighted by Gasteiger charge is 2.69. The van der Waals surface area contributed by atoms with Crippen molar-refractivity contribution in [1.29, 1.82) is 0 Å². The van der Waals surface area contributed by atoms with Crippen LogP contribution < -0.4 is 0 Å². The topological polar surface area (TPSA) is 63.2 Å². The lowest BCUT2D eigenvalue weighted by Crippen LogP contribution is -2.63. The van der Waals surface area contributed by atoms with Crippen LogP contribution in [0.3, 0.4) is 0 Å². The van der Waals surface area contributed by atoms with Crippen molar-refractivity contribution in [3.63, 3.8) is 0 Å². The molecule has 2 saturated heterocycles. The van der Waals surface area contributed by atoms with Crippen LogP contribution in [0.1, 0.15) is 83.0 Å². The minimum atomic E-state index is -0.512. The molecule has 0 radical (unpaired) electrons. The van der Waals surface area contributed by atoms with Gasteiger partial charge in [0.1, 0.15) is 6.10 Å². The molecule has 4 unspecified atom stereocenters.